The number of benzene rings is 2. The standard InChI is InChI=1S/C30H31F5NO2P/c1-4-29(2,3)5-6-37-19-11-25(32)28(26(39)12-19)21-9-18(24(31)13-23(21)30(33,34)35)15-38-27-10-17-7-16-8-20(16)22(17)14-36-27/h9-14,16,20H,4-8,15,39H2,1-3H3/t16-,20+/m0/s1. The van der Waals surface area contributed by atoms with Gasteiger partial charge in [-0.15, -0.1) is 9.24 Å². The van der Waals surface area contributed by atoms with Gasteiger partial charge in [-0.3, -0.25) is 0 Å². The van der Waals surface area contributed by atoms with Crippen LogP contribution in [0.4, 0.5) is 22.0 Å². The number of pyridine rings is 1. The molecular formula is C30H31F5NO2P. The number of alkyl halides is 3. The summed E-state index contributed by atoms with van der Waals surface area (Å²) in [6, 6.07) is 5.77. The Kier molecular flexibility index (Phi) is 7.38. The smallest absolute Gasteiger partial charge is 0.417 e. The van der Waals surface area contributed by atoms with Crippen LogP contribution >= 0.6 is 9.24 Å². The lowest BCUT2D eigenvalue weighted by atomic mass is 9.87. The third-order valence-corrected chi connectivity index (χ3v) is 8.49. The van der Waals surface area contributed by atoms with Crippen LogP contribution in [0.25, 0.3) is 11.1 Å². The topological polar surface area (TPSA) is 31.4 Å². The van der Waals surface area contributed by atoms with Gasteiger partial charge < -0.3 is 9.47 Å². The van der Waals surface area contributed by atoms with E-state index in [1.807, 2.05) is 6.07 Å². The molecule has 1 saturated carbocycles. The van der Waals surface area contributed by atoms with Crippen LogP contribution in [0.2, 0.25) is 0 Å². The predicted octanol–water partition coefficient (Wildman–Crippen LogP) is 7.99. The summed E-state index contributed by atoms with van der Waals surface area (Å²) in [7, 11) is 2.27. The van der Waals surface area contributed by atoms with Crippen molar-refractivity contribution in [2.45, 2.75) is 65.2 Å². The van der Waals surface area contributed by atoms with E-state index in [2.05, 4.69) is 35.0 Å². The molecule has 1 fully saturated rings. The lowest BCUT2D eigenvalue weighted by Crippen LogP contribution is -2.15. The minimum absolute atomic E-state index is 0.0477. The molecule has 3 nitrogen and oxygen atoms in total. The molecule has 3 aromatic rings. The van der Waals surface area contributed by atoms with Crippen molar-refractivity contribution in [1.29, 1.82) is 0 Å². The lowest BCUT2D eigenvalue weighted by Gasteiger charge is -2.22. The Morgan fingerprint density at radius 3 is 2.49 bits per heavy atom. The minimum atomic E-state index is -4.90. The highest BCUT2D eigenvalue weighted by atomic mass is 31.0. The molecule has 5 rings (SSSR count). The van der Waals surface area contributed by atoms with E-state index in [0.29, 0.717) is 24.5 Å². The van der Waals surface area contributed by atoms with Crippen LogP contribution in [0.1, 0.15) is 68.2 Å². The van der Waals surface area contributed by atoms with E-state index >= 15 is 4.39 Å². The third kappa shape index (κ3) is 5.91. The first-order valence-electron chi connectivity index (χ1n) is 13.1. The number of hydrogen-bond donors (Lipinski definition) is 0. The Bertz CT molecular complexity index is 1380. The molecule has 2 aliphatic rings. The quantitative estimate of drug-likeness (QED) is 0.195. The van der Waals surface area contributed by atoms with E-state index in [4.69, 9.17) is 9.47 Å². The second kappa shape index (κ2) is 10.3. The van der Waals surface area contributed by atoms with Gasteiger partial charge in [-0.05, 0) is 76.7 Å². The summed E-state index contributed by atoms with van der Waals surface area (Å²) in [6.45, 7) is 6.25. The number of ether oxygens (including phenoxy) is 2. The molecule has 0 radical (unpaired) electrons. The van der Waals surface area contributed by atoms with Crippen molar-refractivity contribution >= 4 is 14.5 Å². The van der Waals surface area contributed by atoms with Gasteiger partial charge in [0.05, 0.1) is 12.2 Å². The molecule has 1 heterocycles. The van der Waals surface area contributed by atoms with Gasteiger partial charge >= 0.3 is 6.18 Å². The van der Waals surface area contributed by atoms with Crippen molar-refractivity contribution in [2.24, 2.45) is 11.3 Å². The van der Waals surface area contributed by atoms with Crippen molar-refractivity contribution in [2.75, 3.05) is 6.61 Å². The molecule has 2 aromatic carbocycles. The molecule has 9 heteroatoms. The van der Waals surface area contributed by atoms with Gasteiger partial charge in [0.2, 0.25) is 5.88 Å². The molecule has 0 saturated heterocycles. The van der Waals surface area contributed by atoms with Gasteiger partial charge in [0.1, 0.15) is 24.0 Å². The molecule has 0 amide bonds. The highest BCUT2D eigenvalue weighted by Crippen LogP contribution is 2.56. The van der Waals surface area contributed by atoms with Crippen LogP contribution < -0.4 is 14.8 Å². The zero-order chi connectivity index (χ0) is 28.1. The van der Waals surface area contributed by atoms with Gasteiger partial charge in [0, 0.05) is 29.5 Å². The predicted molar refractivity (Wildman–Crippen MR) is 143 cm³/mol. The maximum absolute atomic E-state index is 15.3. The fraction of sp³-hybridized carbons (Fsp3) is 0.433. The zero-order valence-electron chi connectivity index (χ0n) is 22.1. The fourth-order valence-corrected chi connectivity index (χ4v) is 5.58. The first-order chi connectivity index (χ1) is 18.4. The second-order valence-corrected chi connectivity index (χ2v) is 11.9. The van der Waals surface area contributed by atoms with Gasteiger partial charge in [-0.25, -0.2) is 13.8 Å². The lowest BCUT2D eigenvalue weighted by molar-refractivity contribution is -0.137. The second-order valence-electron chi connectivity index (χ2n) is 11.3. The highest BCUT2D eigenvalue weighted by molar-refractivity contribution is 7.28. The number of halogens is 5. The van der Waals surface area contributed by atoms with Gasteiger partial charge in [0.15, 0.2) is 0 Å². The average molecular weight is 564 g/mol. The van der Waals surface area contributed by atoms with Crippen molar-refractivity contribution in [1.82, 2.24) is 4.98 Å². The number of aromatic nitrogens is 1. The van der Waals surface area contributed by atoms with Crippen molar-refractivity contribution in [3.8, 4) is 22.8 Å². The van der Waals surface area contributed by atoms with E-state index in [-0.39, 0.29) is 40.1 Å². The first-order valence-corrected chi connectivity index (χ1v) is 13.7. The zero-order valence-corrected chi connectivity index (χ0v) is 23.2. The number of rotatable bonds is 9. The van der Waals surface area contributed by atoms with Crippen LogP contribution in [0.5, 0.6) is 11.6 Å². The SMILES string of the molecule is CCC(C)(C)CCOc1cc(F)c(-c2cc(COc3cc4c(cn3)[C@@H]3C[C@@H]3C4)c(F)cc2C(F)(F)F)c(P)c1. The summed E-state index contributed by atoms with van der Waals surface area (Å²) in [5.74, 6) is -0.266. The molecule has 0 bridgehead atoms. The Morgan fingerprint density at radius 2 is 1.79 bits per heavy atom. The molecule has 0 aliphatic heterocycles. The largest absolute Gasteiger partial charge is 0.493 e. The molecular weight excluding hydrogens is 532 g/mol. The molecule has 1 aromatic heterocycles. The Balaban J connectivity index is 1.42. The number of fused-ring (bicyclic) bond motifs is 3. The summed E-state index contributed by atoms with van der Waals surface area (Å²) in [6.07, 6.45) is 0.663. The maximum atomic E-state index is 15.3. The van der Waals surface area contributed by atoms with Crippen LogP contribution in [-0.2, 0) is 19.2 Å². The average Bonchev–Trinajstić information content (AvgIpc) is 3.53. The number of nitrogens with zero attached hydrogens (tertiary/aromatic N) is 1. The van der Waals surface area contributed by atoms with Crippen molar-refractivity contribution in [3.63, 3.8) is 0 Å². The van der Waals surface area contributed by atoms with E-state index < -0.39 is 28.9 Å². The molecule has 0 N–H and O–H groups in total. The molecule has 208 valence electrons. The monoisotopic (exact) mass is 563 g/mol. The first kappa shape index (κ1) is 27.8. The van der Waals surface area contributed by atoms with Crippen LogP contribution in [0, 0.1) is 23.0 Å². The summed E-state index contributed by atoms with van der Waals surface area (Å²) in [4.78, 5) is 4.29. The van der Waals surface area contributed by atoms with E-state index in [9.17, 15) is 17.6 Å². The van der Waals surface area contributed by atoms with Crippen molar-refractivity contribution in [3.05, 3.63) is 70.4 Å². The van der Waals surface area contributed by atoms with Crippen LogP contribution in [0.3, 0.4) is 0 Å². The van der Waals surface area contributed by atoms with Crippen LogP contribution in [-0.4, -0.2) is 11.6 Å². The molecule has 39 heavy (non-hydrogen) atoms. The van der Waals surface area contributed by atoms with E-state index in [1.54, 1.807) is 6.20 Å². The summed E-state index contributed by atoms with van der Waals surface area (Å²) >= 11 is 0. The maximum Gasteiger partial charge on any atom is 0.417 e. The minimum Gasteiger partial charge on any atom is -0.493 e. The van der Waals surface area contributed by atoms with E-state index in [0.717, 1.165) is 37.0 Å². The molecule has 3 atom stereocenters. The Labute approximate surface area is 227 Å². The Hall–Kier alpha value is -2.73. The number of hydrogen-bond acceptors (Lipinski definition) is 3. The fourth-order valence-electron chi connectivity index (χ4n) is 5.13. The van der Waals surface area contributed by atoms with E-state index in [1.165, 1.54) is 18.1 Å². The van der Waals surface area contributed by atoms with Gasteiger partial charge in [0.25, 0.3) is 0 Å². The summed E-state index contributed by atoms with van der Waals surface area (Å²) in [5.41, 5.74) is 0.251. The highest BCUT2D eigenvalue weighted by Gasteiger charge is 2.45. The van der Waals surface area contributed by atoms with Gasteiger partial charge in [-0.2, -0.15) is 13.2 Å². The normalized spacial score (nSPS) is 18.1. The van der Waals surface area contributed by atoms with Crippen LogP contribution in [0.15, 0.2) is 36.5 Å². The molecule has 2 aliphatic carbocycles. The third-order valence-electron chi connectivity index (χ3n) is 8.04. The van der Waals surface area contributed by atoms with Crippen molar-refractivity contribution < 1.29 is 31.4 Å². The molecule has 0 spiro atoms. The summed E-state index contributed by atoms with van der Waals surface area (Å²) in [5, 5.41) is 0.169. The Morgan fingerprint density at radius 1 is 1.03 bits per heavy atom. The summed E-state index contributed by atoms with van der Waals surface area (Å²) < 4.78 is 83.4. The van der Waals surface area contributed by atoms with Gasteiger partial charge in [-0.1, -0.05) is 27.2 Å². The molecule has 1 unspecified atom stereocenters.